The van der Waals surface area contributed by atoms with Gasteiger partial charge in [0.05, 0.1) is 0 Å². The number of hydrogen-bond donors (Lipinski definition) is 1. The molecule has 0 aromatic rings. The third-order valence-electron chi connectivity index (χ3n) is 2.94. The minimum absolute atomic E-state index is 0.446. The molecule has 0 heterocycles. The Bertz CT molecular complexity index is 162. The Balaban J connectivity index is 2.30. The quantitative estimate of drug-likeness (QED) is 0.736. The van der Waals surface area contributed by atoms with Gasteiger partial charge in [-0.3, -0.25) is 4.21 Å². The van der Waals surface area contributed by atoms with Crippen molar-refractivity contribution in [2.45, 2.75) is 50.3 Å². The molecule has 1 aliphatic rings. The third kappa shape index (κ3) is 3.39. The zero-order chi connectivity index (χ0) is 9.68. The molecule has 0 spiro atoms. The van der Waals surface area contributed by atoms with Crippen LogP contribution in [-0.4, -0.2) is 28.3 Å². The Morgan fingerprint density at radius 2 is 2.08 bits per heavy atom. The molecule has 78 valence electrons. The van der Waals surface area contributed by atoms with E-state index in [9.17, 15) is 4.21 Å². The van der Waals surface area contributed by atoms with E-state index in [2.05, 4.69) is 12.2 Å². The van der Waals surface area contributed by atoms with E-state index in [0.717, 1.165) is 12.2 Å². The molecule has 13 heavy (non-hydrogen) atoms. The van der Waals surface area contributed by atoms with Crippen molar-refractivity contribution in [1.29, 1.82) is 0 Å². The van der Waals surface area contributed by atoms with Crippen molar-refractivity contribution in [2.75, 3.05) is 12.8 Å². The van der Waals surface area contributed by atoms with E-state index in [4.69, 9.17) is 0 Å². The van der Waals surface area contributed by atoms with Crippen molar-refractivity contribution in [3.8, 4) is 0 Å². The maximum atomic E-state index is 11.8. The summed E-state index contributed by atoms with van der Waals surface area (Å²) in [5.74, 6) is 0.845. The Morgan fingerprint density at radius 1 is 1.46 bits per heavy atom. The standard InChI is InChI=1S/C10H21NOS/c1-3-9(11-2)8-13(12)10-6-4-5-7-10/h9-11H,3-8H2,1-2H3. The molecule has 0 aliphatic heterocycles. The second-order valence-electron chi connectivity index (χ2n) is 3.85. The normalized spacial score (nSPS) is 23.2. The first-order chi connectivity index (χ1) is 6.27. The summed E-state index contributed by atoms with van der Waals surface area (Å²) < 4.78 is 11.8. The molecule has 1 rings (SSSR count). The van der Waals surface area contributed by atoms with Gasteiger partial charge in [-0.05, 0) is 26.3 Å². The van der Waals surface area contributed by atoms with Gasteiger partial charge in [0.1, 0.15) is 0 Å². The first-order valence-electron chi connectivity index (χ1n) is 5.32. The largest absolute Gasteiger partial charge is 0.316 e. The minimum Gasteiger partial charge on any atom is -0.316 e. The van der Waals surface area contributed by atoms with Gasteiger partial charge in [0.2, 0.25) is 0 Å². The highest BCUT2D eigenvalue weighted by Crippen LogP contribution is 2.23. The molecular weight excluding hydrogens is 182 g/mol. The van der Waals surface area contributed by atoms with Gasteiger partial charge in [-0.1, -0.05) is 19.8 Å². The van der Waals surface area contributed by atoms with Crippen LogP contribution in [0.15, 0.2) is 0 Å². The third-order valence-corrected chi connectivity index (χ3v) is 4.89. The molecule has 1 N–H and O–H groups in total. The molecule has 1 aliphatic carbocycles. The second-order valence-corrected chi connectivity index (χ2v) is 5.61. The van der Waals surface area contributed by atoms with E-state index < -0.39 is 10.8 Å². The van der Waals surface area contributed by atoms with E-state index >= 15 is 0 Å². The first kappa shape index (κ1) is 11.2. The van der Waals surface area contributed by atoms with Gasteiger partial charge >= 0.3 is 0 Å². The fraction of sp³-hybridized carbons (Fsp3) is 1.00. The summed E-state index contributed by atoms with van der Waals surface area (Å²) in [5.41, 5.74) is 0. The van der Waals surface area contributed by atoms with Crippen LogP contribution in [0.25, 0.3) is 0 Å². The topological polar surface area (TPSA) is 29.1 Å². The monoisotopic (exact) mass is 203 g/mol. The van der Waals surface area contributed by atoms with Gasteiger partial charge in [-0.25, -0.2) is 0 Å². The van der Waals surface area contributed by atoms with Crippen LogP contribution in [0.4, 0.5) is 0 Å². The van der Waals surface area contributed by atoms with E-state index in [-0.39, 0.29) is 0 Å². The number of hydrogen-bond acceptors (Lipinski definition) is 2. The van der Waals surface area contributed by atoms with Crippen LogP contribution >= 0.6 is 0 Å². The Morgan fingerprint density at radius 3 is 2.54 bits per heavy atom. The molecular formula is C10H21NOS. The van der Waals surface area contributed by atoms with Crippen LogP contribution in [0, 0.1) is 0 Å². The van der Waals surface area contributed by atoms with E-state index in [1.165, 1.54) is 25.7 Å². The highest BCUT2D eigenvalue weighted by atomic mass is 32.2. The molecule has 2 nitrogen and oxygen atoms in total. The summed E-state index contributed by atoms with van der Waals surface area (Å²) in [7, 11) is 1.37. The first-order valence-corrected chi connectivity index (χ1v) is 6.70. The van der Waals surface area contributed by atoms with Gasteiger partial charge in [-0.15, -0.1) is 0 Å². The van der Waals surface area contributed by atoms with Gasteiger partial charge in [0.25, 0.3) is 0 Å². The van der Waals surface area contributed by atoms with E-state index in [1.54, 1.807) is 0 Å². The fourth-order valence-electron chi connectivity index (χ4n) is 1.89. The smallest absolute Gasteiger partial charge is 0.0391 e. The number of nitrogens with one attached hydrogen (secondary N) is 1. The second kappa shape index (κ2) is 5.76. The maximum Gasteiger partial charge on any atom is 0.0391 e. The highest BCUT2D eigenvalue weighted by Gasteiger charge is 2.22. The van der Waals surface area contributed by atoms with Gasteiger partial charge < -0.3 is 5.32 Å². The summed E-state index contributed by atoms with van der Waals surface area (Å²) >= 11 is 0. The van der Waals surface area contributed by atoms with Crippen LogP contribution in [0.5, 0.6) is 0 Å². The lowest BCUT2D eigenvalue weighted by Crippen LogP contribution is -2.32. The predicted molar refractivity (Wildman–Crippen MR) is 58.4 cm³/mol. The molecule has 1 saturated carbocycles. The predicted octanol–water partition coefficient (Wildman–Crippen LogP) is 1.68. The van der Waals surface area contributed by atoms with E-state index in [0.29, 0.717) is 11.3 Å². The van der Waals surface area contributed by atoms with Gasteiger partial charge in [0.15, 0.2) is 0 Å². The average Bonchev–Trinajstić information content (AvgIpc) is 2.66. The Labute approximate surface area is 83.9 Å². The van der Waals surface area contributed by atoms with Crippen molar-refractivity contribution < 1.29 is 4.21 Å². The molecule has 0 aromatic carbocycles. The summed E-state index contributed by atoms with van der Waals surface area (Å²) in [6.45, 7) is 2.15. The van der Waals surface area contributed by atoms with Crippen LogP contribution in [0.1, 0.15) is 39.0 Å². The molecule has 3 heteroatoms. The summed E-state index contributed by atoms with van der Waals surface area (Å²) in [4.78, 5) is 0. The van der Waals surface area contributed by atoms with Crippen LogP contribution in [-0.2, 0) is 10.8 Å². The zero-order valence-corrected chi connectivity index (χ0v) is 9.53. The lowest BCUT2D eigenvalue weighted by molar-refractivity contribution is 0.586. The van der Waals surface area contributed by atoms with Crippen molar-refractivity contribution in [1.82, 2.24) is 5.32 Å². The van der Waals surface area contributed by atoms with E-state index in [1.807, 2.05) is 7.05 Å². The van der Waals surface area contributed by atoms with Crippen molar-refractivity contribution in [3.63, 3.8) is 0 Å². The Hall–Kier alpha value is 0.110. The fourth-order valence-corrected chi connectivity index (χ4v) is 3.82. The molecule has 0 saturated heterocycles. The SMILES string of the molecule is CCC(CS(=O)C1CCCC1)NC. The summed E-state index contributed by atoms with van der Waals surface area (Å²) in [5, 5.41) is 3.72. The molecule has 0 aromatic heterocycles. The summed E-state index contributed by atoms with van der Waals surface area (Å²) in [6, 6.07) is 0.446. The lowest BCUT2D eigenvalue weighted by Gasteiger charge is -2.16. The molecule has 0 amide bonds. The lowest BCUT2D eigenvalue weighted by atomic mass is 10.3. The van der Waals surface area contributed by atoms with Gasteiger partial charge in [0, 0.05) is 27.8 Å². The van der Waals surface area contributed by atoms with Crippen LogP contribution in [0.3, 0.4) is 0 Å². The van der Waals surface area contributed by atoms with Crippen molar-refractivity contribution in [2.24, 2.45) is 0 Å². The molecule has 2 unspecified atom stereocenters. The zero-order valence-electron chi connectivity index (χ0n) is 8.71. The molecule has 1 fully saturated rings. The van der Waals surface area contributed by atoms with Crippen molar-refractivity contribution in [3.05, 3.63) is 0 Å². The Kier molecular flexibility index (Phi) is 4.96. The van der Waals surface area contributed by atoms with Crippen LogP contribution in [0.2, 0.25) is 0 Å². The molecule has 0 radical (unpaired) electrons. The van der Waals surface area contributed by atoms with Crippen LogP contribution < -0.4 is 5.32 Å². The highest BCUT2D eigenvalue weighted by molar-refractivity contribution is 7.85. The average molecular weight is 203 g/mol. The number of rotatable bonds is 5. The van der Waals surface area contributed by atoms with Crippen molar-refractivity contribution >= 4 is 10.8 Å². The summed E-state index contributed by atoms with van der Waals surface area (Å²) in [6.07, 6.45) is 6.02. The molecule has 2 atom stereocenters. The van der Waals surface area contributed by atoms with Gasteiger partial charge in [-0.2, -0.15) is 0 Å². The molecule has 0 bridgehead atoms. The minimum atomic E-state index is -0.588. The maximum absolute atomic E-state index is 11.8.